The number of nitrogens with one attached hydrogen (secondary N) is 2. The summed E-state index contributed by atoms with van der Waals surface area (Å²) in [4.78, 5) is 20.5. The van der Waals surface area contributed by atoms with Crippen molar-refractivity contribution in [2.75, 3.05) is 5.32 Å². The van der Waals surface area contributed by atoms with Crippen molar-refractivity contribution < 1.29 is 4.79 Å². The molecular weight excluding hydrogens is 308 g/mol. The van der Waals surface area contributed by atoms with E-state index in [9.17, 15) is 4.79 Å². The summed E-state index contributed by atoms with van der Waals surface area (Å²) in [5.74, 6) is -0.121. The molecule has 0 radical (unpaired) electrons. The van der Waals surface area contributed by atoms with Gasteiger partial charge in [-0.3, -0.25) is 9.78 Å². The lowest BCUT2D eigenvalue weighted by Crippen LogP contribution is -2.11. The van der Waals surface area contributed by atoms with Crippen LogP contribution in [0.3, 0.4) is 0 Å². The minimum Gasteiger partial charge on any atom is -0.364 e. The van der Waals surface area contributed by atoms with Crippen molar-refractivity contribution in [1.82, 2.24) is 14.3 Å². The molecule has 0 spiro atoms. The summed E-state index contributed by atoms with van der Waals surface area (Å²) in [7, 11) is 0. The van der Waals surface area contributed by atoms with Crippen LogP contribution in [0.4, 0.5) is 5.00 Å². The van der Waals surface area contributed by atoms with E-state index >= 15 is 0 Å². The standard InChI is InChI=1S/C17H16N4OS/c1-10-8-14(23-21-10)20-17(22)12-9-19-13-6-2-4-11-5-3-7-18-16(11)15(12)13/h3,5,7-9,19H,2,4,6H2,1H3,(H,20,22). The third-order valence-corrected chi connectivity index (χ3v) is 4.87. The van der Waals surface area contributed by atoms with Crippen LogP contribution in [-0.4, -0.2) is 20.2 Å². The maximum atomic E-state index is 12.7. The van der Waals surface area contributed by atoms with Crippen molar-refractivity contribution in [2.24, 2.45) is 0 Å². The van der Waals surface area contributed by atoms with Crippen molar-refractivity contribution >= 4 is 22.4 Å². The largest absolute Gasteiger partial charge is 0.364 e. The van der Waals surface area contributed by atoms with E-state index in [1.54, 1.807) is 12.4 Å². The number of anilines is 1. The fraction of sp³-hybridized carbons (Fsp3) is 0.235. The molecule has 0 fully saturated rings. The topological polar surface area (TPSA) is 70.7 Å². The summed E-state index contributed by atoms with van der Waals surface area (Å²) in [6, 6.07) is 5.93. The Balaban J connectivity index is 1.75. The van der Waals surface area contributed by atoms with Crippen LogP contribution >= 0.6 is 11.5 Å². The van der Waals surface area contributed by atoms with Gasteiger partial charge in [0.15, 0.2) is 0 Å². The Morgan fingerprint density at radius 3 is 3.13 bits per heavy atom. The summed E-state index contributed by atoms with van der Waals surface area (Å²) in [5.41, 5.74) is 5.71. The van der Waals surface area contributed by atoms with E-state index in [0.717, 1.165) is 46.9 Å². The van der Waals surface area contributed by atoms with Gasteiger partial charge in [-0.05, 0) is 55.4 Å². The van der Waals surface area contributed by atoms with Crippen LogP contribution in [0.25, 0.3) is 11.3 Å². The molecule has 4 rings (SSSR count). The van der Waals surface area contributed by atoms with Gasteiger partial charge >= 0.3 is 0 Å². The number of amides is 1. The second-order valence-corrected chi connectivity index (χ2v) is 6.51. The zero-order valence-corrected chi connectivity index (χ0v) is 13.5. The number of hydrogen-bond donors (Lipinski definition) is 2. The Kier molecular flexibility index (Phi) is 3.46. The zero-order chi connectivity index (χ0) is 15.8. The third-order valence-electron chi connectivity index (χ3n) is 4.07. The highest BCUT2D eigenvalue weighted by Crippen LogP contribution is 2.33. The minimum absolute atomic E-state index is 0.121. The van der Waals surface area contributed by atoms with Gasteiger partial charge < -0.3 is 10.3 Å². The van der Waals surface area contributed by atoms with E-state index in [0.29, 0.717) is 5.56 Å². The number of nitrogens with zero attached hydrogens (tertiary/aromatic N) is 2. The number of H-pyrrole nitrogens is 1. The number of pyridine rings is 1. The van der Waals surface area contributed by atoms with Crippen LogP contribution in [-0.2, 0) is 12.8 Å². The lowest BCUT2D eigenvalue weighted by atomic mass is 10.0. The second kappa shape index (κ2) is 5.62. The maximum Gasteiger partial charge on any atom is 0.258 e. The van der Waals surface area contributed by atoms with Crippen LogP contribution in [0.15, 0.2) is 30.6 Å². The van der Waals surface area contributed by atoms with Crippen molar-refractivity contribution in [2.45, 2.75) is 26.2 Å². The van der Waals surface area contributed by atoms with Gasteiger partial charge in [-0.2, -0.15) is 4.37 Å². The van der Waals surface area contributed by atoms with E-state index in [1.807, 2.05) is 19.1 Å². The number of rotatable bonds is 2. The first-order valence-electron chi connectivity index (χ1n) is 7.61. The number of hydrogen-bond acceptors (Lipinski definition) is 4. The van der Waals surface area contributed by atoms with Crippen molar-refractivity contribution in [3.8, 4) is 11.3 Å². The molecule has 3 heterocycles. The quantitative estimate of drug-likeness (QED) is 0.757. The van der Waals surface area contributed by atoms with Gasteiger partial charge in [0.1, 0.15) is 5.00 Å². The van der Waals surface area contributed by atoms with E-state index in [4.69, 9.17) is 0 Å². The SMILES string of the molecule is Cc1cc(NC(=O)c2c[nH]c3c2-c2ncccc2CCC3)sn1. The molecule has 116 valence electrons. The van der Waals surface area contributed by atoms with Crippen molar-refractivity contribution in [3.05, 3.63) is 53.1 Å². The van der Waals surface area contributed by atoms with Crippen LogP contribution < -0.4 is 5.32 Å². The van der Waals surface area contributed by atoms with Crippen LogP contribution in [0.2, 0.25) is 0 Å². The third kappa shape index (κ3) is 2.55. The molecule has 3 aromatic rings. The molecule has 0 saturated heterocycles. The molecule has 0 aliphatic heterocycles. The summed E-state index contributed by atoms with van der Waals surface area (Å²) >= 11 is 1.29. The Morgan fingerprint density at radius 1 is 1.39 bits per heavy atom. The van der Waals surface area contributed by atoms with Gasteiger partial charge in [0.25, 0.3) is 5.91 Å². The molecule has 0 saturated carbocycles. The fourth-order valence-electron chi connectivity index (χ4n) is 3.04. The summed E-state index contributed by atoms with van der Waals surface area (Å²) in [6.07, 6.45) is 6.55. The lowest BCUT2D eigenvalue weighted by molar-refractivity contribution is 0.102. The number of aryl methyl sites for hydroxylation is 3. The molecular formula is C17H16N4OS. The van der Waals surface area contributed by atoms with Crippen molar-refractivity contribution in [3.63, 3.8) is 0 Å². The summed E-state index contributed by atoms with van der Waals surface area (Å²) in [5, 5.41) is 3.70. The molecule has 1 amide bonds. The first kappa shape index (κ1) is 14.1. The second-order valence-electron chi connectivity index (χ2n) is 5.71. The zero-order valence-electron chi connectivity index (χ0n) is 12.7. The molecule has 0 aromatic carbocycles. The first-order valence-corrected chi connectivity index (χ1v) is 8.39. The fourth-order valence-corrected chi connectivity index (χ4v) is 3.69. The number of fused-ring (bicyclic) bond motifs is 3. The highest BCUT2D eigenvalue weighted by atomic mass is 32.1. The number of carbonyl (C=O) groups is 1. The van der Waals surface area contributed by atoms with E-state index in [1.165, 1.54) is 17.1 Å². The molecule has 2 N–H and O–H groups in total. The smallest absolute Gasteiger partial charge is 0.258 e. The van der Waals surface area contributed by atoms with Crippen molar-refractivity contribution in [1.29, 1.82) is 0 Å². The summed E-state index contributed by atoms with van der Waals surface area (Å²) in [6.45, 7) is 1.91. The molecule has 6 heteroatoms. The number of aromatic nitrogens is 3. The average molecular weight is 324 g/mol. The van der Waals surface area contributed by atoms with E-state index in [2.05, 4.69) is 25.7 Å². The molecule has 0 bridgehead atoms. The number of aromatic amines is 1. The lowest BCUT2D eigenvalue weighted by Gasteiger charge is -2.07. The van der Waals surface area contributed by atoms with Gasteiger partial charge in [0.2, 0.25) is 0 Å². The molecule has 0 atom stereocenters. The molecule has 23 heavy (non-hydrogen) atoms. The van der Waals surface area contributed by atoms with Crippen LogP contribution in [0.5, 0.6) is 0 Å². The summed E-state index contributed by atoms with van der Waals surface area (Å²) < 4.78 is 4.20. The Morgan fingerprint density at radius 2 is 2.30 bits per heavy atom. The monoisotopic (exact) mass is 324 g/mol. The van der Waals surface area contributed by atoms with Crippen LogP contribution in [0.1, 0.15) is 33.7 Å². The number of carbonyl (C=O) groups excluding carboxylic acids is 1. The molecule has 1 aliphatic carbocycles. The van der Waals surface area contributed by atoms with E-state index in [-0.39, 0.29) is 5.91 Å². The van der Waals surface area contributed by atoms with Gasteiger partial charge in [0, 0.05) is 23.7 Å². The minimum atomic E-state index is -0.121. The Labute approximate surface area is 138 Å². The van der Waals surface area contributed by atoms with Gasteiger partial charge in [-0.15, -0.1) is 0 Å². The highest BCUT2D eigenvalue weighted by Gasteiger charge is 2.24. The Bertz CT molecular complexity index is 880. The molecule has 1 aliphatic rings. The normalized spacial score (nSPS) is 13.1. The predicted molar refractivity (Wildman–Crippen MR) is 90.9 cm³/mol. The molecule has 0 unspecified atom stereocenters. The molecule has 5 nitrogen and oxygen atoms in total. The Hall–Kier alpha value is -2.47. The van der Waals surface area contributed by atoms with Gasteiger partial charge in [-0.25, -0.2) is 0 Å². The molecule has 3 aromatic heterocycles. The predicted octanol–water partition coefficient (Wildman–Crippen LogP) is 3.58. The maximum absolute atomic E-state index is 12.7. The highest BCUT2D eigenvalue weighted by molar-refractivity contribution is 7.10. The van der Waals surface area contributed by atoms with Gasteiger partial charge in [-0.1, -0.05) is 6.07 Å². The van der Waals surface area contributed by atoms with E-state index < -0.39 is 0 Å². The van der Waals surface area contributed by atoms with Crippen LogP contribution in [0, 0.1) is 6.92 Å². The average Bonchev–Trinajstić information content (AvgIpc) is 3.10. The van der Waals surface area contributed by atoms with Gasteiger partial charge in [0.05, 0.1) is 17.0 Å². The first-order chi connectivity index (χ1) is 11.2.